The second kappa shape index (κ2) is 4.48. The first-order valence-corrected chi connectivity index (χ1v) is 4.34. The van der Waals surface area contributed by atoms with Crippen molar-refractivity contribution >= 4 is 0 Å². The normalized spacial score (nSPS) is 15.6. The van der Waals surface area contributed by atoms with E-state index in [1.165, 1.54) is 25.1 Å². The van der Waals surface area contributed by atoms with Gasteiger partial charge in [0.2, 0.25) is 0 Å². The fourth-order valence-electron chi connectivity index (χ4n) is 1.27. The fraction of sp³-hybridized carbons (Fsp3) is 0.400. The minimum absolute atomic E-state index is 0.110. The van der Waals surface area contributed by atoms with Crippen molar-refractivity contribution in [1.82, 2.24) is 0 Å². The SMILES string of the molecule is C[C@H](O)[C@H](N)c1ccccc1C(F)F. The second-order valence-corrected chi connectivity index (χ2v) is 3.20. The Kier molecular flexibility index (Phi) is 3.55. The monoisotopic (exact) mass is 201 g/mol. The molecule has 0 unspecified atom stereocenters. The van der Waals surface area contributed by atoms with E-state index in [9.17, 15) is 13.9 Å². The largest absolute Gasteiger partial charge is 0.391 e. The van der Waals surface area contributed by atoms with E-state index in [4.69, 9.17) is 5.73 Å². The van der Waals surface area contributed by atoms with E-state index in [0.29, 0.717) is 5.56 Å². The standard InChI is InChI=1S/C10H13F2NO/c1-6(14)9(13)7-4-2-3-5-8(7)10(11)12/h2-6,9-10,14H,13H2,1H3/t6-,9-/m0/s1. The number of rotatable bonds is 3. The third kappa shape index (κ3) is 2.27. The van der Waals surface area contributed by atoms with Crippen LogP contribution in [0.4, 0.5) is 8.78 Å². The van der Waals surface area contributed by atoms with Crippen molar-refractivity contribution < 1.29 is 13.9 Å². The summed E-state index contributed by atoms with van der Waals surface area (Å²) >= 11 is 0. The summed E-state index contributed by atoms with van der Waals surface area (Å²) in [6.45, 7) is 1.48. The molecule has 4 heteroatoms. The number of alkyl halides is 2. The van der Waals surface area contributed by atoms with Gasteiger partial charge in [0.15, 0.2) is 0 Å². The summed E-state index contributed by atoms with van der Waals surface area (Å²) in [5, 5.41) is 9.21. The molecule has 0 radical (unpaired) electrons. The van der Waals surface area contributed by atoms with E-state index in [0.717, 1.165) is 0 Å². The molecule has 0 aliphatic rings. The molecule has 1 rings (SSSR count). The van der Waals surface area contributed by atoms with Crippen LogP contribution >= 0.6 is 0 Å². The lowest BCUT2D eigenvalue weighted by Gasteiger charge is -2.18. The molecular formula is C10H13F2NO. The maximum atomic E-state index is 12.5. The zero-order valence-electron chi connectivity index (χ0n) is 7.82. The predicted molar refractivity (Wildman–Crippen MR) is 50.0 cm³/mol. The molecule has 1 aromatic rings. The van der Waals surface area contributed by atoms with Gasteiger partial charge in [0, 0.05) is 5.56 Å². The average Bonchev–Trinajstić information content (AvgIpc) is 2.16. The highest BCUT2D eigenvalue weighted by atomic mass is 19.3. The zero-order chi connectivity index (χ0) is 10.7. The van der Waals surface area contributed by atoms with Crippen molar-refractivity contribution in [3.63, 3.8) is 0 Å². The van der Waals surface area contributed by atoms with Gasteiger partial charge in [-0.2, -0.15) is 0 Å². The first-order valence-electron chi connectivity index (χ1n) is 4.34. The Morgan fingerprint density at radius 1 is 1.21 bits per heavy atom. The van der Waals surface area contributed by atoms with Gasteiger partial charge in [0.05, 0.1) is 12.1 Å². The van der Waals surface area contributed by atoms with E-state index in [2.05, 4.69) is 0 Å². The van der Waals surface area contributed by atoms with Gasteiger partial charge < -0.3 is 10.8 Å². The third-order valence-electron chi connectivity index (χ3n) is 2.11. The molecule has 1 aromatic carbocycles. The van der Waals surface area contributed by atoms with Crippen LogP contribution in [0, 0.1) is 0 Å². The van der Waals surface area contributed by atoms with Gasteiger partial charge in [-0.1, -0.05) is 24.3 Å². The predicted octanol–water partition coefficient (Wildman–Crippen LogP) is 2.00. The van der Waals surface area contributed by atoms with Gasteiger partial charge in [0.25, 0.3) is 6.43 Å². The Bertz CT molecular complexity index is 302. The van der Waals surface area contributed by atoms with Gasteiger partial charge in [-0.25, -0.2) is 8.78 Å². The fourth-order valence-corrected chi connectivity index (χ4v) is 1.27. The summed E-state index contributed by atoms with van der Waals surface area (Å²) in [7, 11) is 0. The van der Waals surface area contributed by atoms with E-state index in [-0.39, 0.29) is 5.56 Å². The molecule has 2 nitrogen and oxygen atoms in total. The average molecular weight is 201 g/mol. The lowest BCUT2D eigenvalue weighted by Crippen LogP contribution is -2.24. The molecule has 0 bridgehead atoms. The first kappa shape index (κ1) is 11.1. The summed E-state index contributed by atoms with van der Waals surface area (Å²) in [6, 6.07) is 5.23. The number of hydrogen-bond acceptors (Lipinski definition) is 2. The Hall–Kier alpha value is -1.00. The highest BCUT2D eigenvalue weighted by molar-refractivity contribution is 5.31. The van der Waals surface area contributed by atoms with Crippen molar-refractivity contribution in [2.75, 3.05) is 0 Å². The molecule has 78 valence electrons. The van der Waals surface area contributed by atoms with Crippen molar-refractivity contribution in [2.24, 2.45) is 5.73 Å². The van der Waals surface area contributed by atoms with Crippen molar-refractivity contribution in [3.05, 3.63) is 35.4 Å². The Morgan fingerprint density at radius 3 is 2.14 bits per heavy atom. The molecule has 0 aliphatic carbocycles. The van der Waals surface area contributed by atoms with Crippen LogP contribution in [0.1, 0.15) is 30.5 Å². The van der Waals surface area contributed by atoms with Crippen molar-refractivity contribution in [3.8, 4) is 0 Å². The van der Waals surface area contributed by atoms with E-state index in [1.54, 1.807) is 6.07 Å². The van der Waals surface area contributed by atoms with Crippen LogP contribution in [0.5, 0.6) is 0 Å². The van der Waals surface area contributed by atoms with E-state index >= 15 is 0 Å². The van der Waals surface area contributed by atoms with Crippen LogP contribution in [0.15, 0.2) is 24.3 Å². The summed E-state index contributed by atoms with van der Waals surface area (Å²) < 4.78 is 25.0. The molecule has 3 N–H and O–H groups in total. The molecule has 0 amide bonds. The Labute approximate surface area is 81.4 Å². The van der Waals surface area contributed by atoms with Gasteiger partial charge in [0.1, 0.15) is 0 Å². The van der Waals surface area contributed by atoms with Crippen molar-refractivity contribution in [1.29, 1.82) is 0 Å². The molecule has 0 aliphatic heterocycles. The molecule has 0 aromatic heterocycles. The van der Waals surface area contributed by atoms with Crippen molar-refractivity contribution in [2.45, 2.75) is 25.5 Å². The number of nitrogens with two attached hydrogens (primary N) is 1. The number of hydrogen-bond donors (Lipinski definition) is 2. The minimum Gasteiger partial charge on any atom is -0.391 e. The first-order chi connectivity index (χ1) is 6.54. The molecule has 0 spiro atoms. The molecule has 0 fully saturated rings. The van der Waals surface area contributed by atoms with Crippen LogP contribution in [0.2, 0.25) is 0 Å². The van der Waals surface area contributed by atoms with Gasteiger partial charge in [-0.05, 0) is 12.5 Å². The van der Waals surface area contributed by atoms with E-state index in [1.807, 2.05) is 0 Å². The van der Waals surface area contributed by atoms with E-state index < -0.39 is 18.6 Å². The zero-order valence-corrected chi connectivity index (χ0v) is 7.82. The molecule has 0 heterocycles. The third-order valence-corrected chi connectivity index (χ3v) is 2.11. The Morgan fingerprint density at radius 2 is 1.71 bits per heavy atom. The maximum Gasteiger partial charge on any atom is 0.264 e. The van der Waals surface area contributed by atoms with Gasteiger partial charge >= 0.3 is 0 Å². The highest BCUT2D eigenvalue weighted by Crippen LogP contribution is 2.27. The summed E-state index contributed by atoms with van der Waals surface area (Å²) in [5.41, 5.74) is 5.79. The summed E-state index contributed by atoms with van der Waals surface area (Å²) in [6.07, 6.45) is -3.40. The van der Waals surface area contributed by atoms with Gasteiger partial charge in [-0.3, -0.25) is 0 Å². The lowest BCUT2D eigenvalue weighted by molar-refractivity contribution is 0.141. The lowest BCUT2D eigenvalue weighted by atomic mass is 9.98. The van der Waals surface area contributed by atoms with Crippen LogP contribution < -0.4 is 5.73 Å². The second-order valence-electron chi connectivity index (χ2n) is 3.20. The quantitative estimate of drug-likeness (QED) is 0.785. The topological polar surface area (TPSA) is 46.2 Å². The summed E-state index contributed by atoms with van der Waals surface area (Å²) in [4.78, 5) is 0. The highest BCUT2D eigenvalue weighted by Gasteiger charge is 2.19. The molecule has 0 saturated carbocycles. The number of aliphatic hydroxyl groups excluding tert-OH is 1. The van der Waals surface area contributed by atoms with Crippen LogP contribution in [0.25, 0.3) is 0 Å². The maximum absolute atomic E-state index is 12.5. The number of benzene rings is 1. The molecule has 2 atom stereocenters. The van der Waals surface area contributed by atoms with Crippen LogP contribution in [-0.2, 0) is 0 Å². The van der Waals surface area contributed by atoms with Crippen LogP contribution in [0.3, 0.4) is 0 Å². The Balaban J connectivity index is 3.06. The smallest absolute Gasteiger partial charge is 0.264 e. The van der Waals surface area contributed by atoms with Gasteiger partial charge in [-0.15, -0.1) is 0 Å². The number of halogens is 2. The minimum atomic E-state index is -2.56. The summed E-state index contributed by atoms with van der Waals surface area (Å²) in [5.74, 6) is 0. The van der Waals surface area contributed by atoms with Crippen LogP contribution in [-0.4, -0.2) is 11.2 Å². The molecule has 0 saturated heterocycles. The molecule has 14 heavy (non-hydrogen) atoms. The molecular weight excluding hydrogens is 188 g/mol. The number of aliphatic hydroxyl groups is 1.